The minimum absolute atomic E-state index is 0.0133. The highest BCUT2D eigenvalue weighted by Gasteiger charge is 2.32. The molecule has 0 spiro atoms. The summed E-state index contributed by atoms with van der Waals surface area (Å²) < 4.78 is 11.3. The Bertz CT molecular complexity index is 490. The summed E-state index contributed by atoms with van der Waals surface area (Å²) in [5.41, 5.74) is 0. The van der Waals surface area contributed by atoms with Crippen LogP contribution in [0.2, 0.25) is 0 Å². The normalized spacial score (nSPS) is 18.6. The number of carboxylic acids is 1. The largest absolute Gasteiger partial charge is 0.484 e. The molecule has 1 fully saturated rings. The van der Waals surface area contributed by atoms with Gasteiger partial charge in [-0.15, -0.1) is 0 Å². The number of carbonyl (C=O) groups is 2. The van der Waals surface area contributed by atoms with E-state index in [1.807, 2.05) is 0 Å². The van der Waals surface area contributed by atoms with E-state index in [2.05, 4.69) is 15.9 Å². The van der Waals surface area contributed by atoms with E-state index >= 15 is 0 Å². The molecule has 1 aliphatic heterocycles. The number of nitrogens with zero attached hydrogens (tertiary/aromatic N) is 1. The van der Waals surface area contributed by atoms with Gasteiger partial charge in [0, 0.05) is 11.0 Å². The van der Waals surface area contributed by atoms with E-state index in [1.54, 1.807) is 24.3 Å². The Morgan fingerprint density at radius 1 is 1.40 bits per heavy atom. The van der Waals surface area contributed by atoms with Gasteiger partial charge in [0.15, 0.2) is 12.6 Å². The molecule has 2 rings (SSSR count). The fraction of sp³-hybridized carbons (Fsp3) is 0.385. The monoisotopic (exact) mass is 343 g/mol. The number of hydrogen-bond donors (Lipinski definition) is 1. The first-order chi connectivity index (χ1) is 9.58. The molecule has 1 saturated heterocycles. The van der Waals surface area contributed by atoms with Crippen molar-refractivity contribution < 1.29 is 24.2 Å². The summed E-state index contributed by atoms with van der Waals surface area (Å²) in [6.07, 6.45) is 0. The fourth-order valence-corrected chi connectivity index (χ4v) is 2.13. The topological polar surface area (TPSA) is 76.1 Å². The number of carboxylic acid groups (broad SMARTS) is 1. The van der Waals surface area contributed by atoms with Crippen LogP contribution in [0.4, 0.5) is 0 Å². The van der Waals surface area contributed by atoms with E-state index in [4.69, 9.17) is 14.6 Å². The van der Waals surface area contributed by atoms with Crippen molar-refractivity contribution in [3.8, 4) is 5.75 Å². The standard InChI is InChI=1S/C13H14BrNO5/c14-9-1-3-10(4-2-9)20-8-12(16)15-5-6-19-7-11(15)13(17)18/h1-4,11H,5-8H2,(H,17,18). The molecule has 1 aromatic carbocycles. The molecule has 1 atom stereocenters. The number of ether oxygens (including phenoxy) is 2. The summed E-state index contributed by atoms with van der Waals surface area (Å²) in [5.74, 6) is -0.869. The average molecular weight is 344 g/mol. The molecule has 7 heteroatoms. The number of benzene rings is 1. The quantitative estimate of drug-likeness (QED) is 0.887. The summed E-state index contributed by atoms with van der Waals surface area (Å²) in [6.45, 7) is 0.429. The van der Waals surface area contributed by atoms with Gasteiger partial charge < -0.3 is 19.5 Å². The third kappa shape index (κ3) is 3.71. The van der Waals surface area contributed by atoms with E-state index in [9.17, 15) is 9.59 Å². The molecule has 1 unspecified atom stereocenters. The molecule has 0 saturated carbocycles. The number of rotatable bonds is 4. The molecule has 0 radical (unpaired) electrons. The van der Waals surface area contributed by atoms with Crippen LogP contribution in [0.15, 0.2) is 28.7 Å². The maximum atomic E-state index is 12.0. The molecule has 20 heavy (non-hydrogen) atoms. The Balaban J connectivity index is 1.93. The number of amides is 1. The third-order valence-electron chi connectivity index (χ3n) is 2.91. The smallest absolute Gasteiger partial charge is 0.328 e. The highest BCUT2D eigenvalue weighted by atomic mass is 79.9. The van der Waals surface area contributed by atoms with Gasteiger partial charge in [-0.3, -0.25) is 4.79 Å². The second-order valence-corrected chi connectivity index (χ2v) is 5.17. The summed E-state index contributed by atoms with van der Waals surface area (Å²) >= 11 is 3.30. The van der Waals surface area contributed by atoms with Crippen molar-refractivity contribution in [1.82, 2.24) is 4.90 Å². The molecular formula is C13H14BrNO5. The van der Waals surface area contributed by atoms with Crippen LogP contribution in [0.1, 0.15) is 0 Å². The first kappa shape index (κ1) is 14.8. The van der Waals surface area contributed by atoms with E-state index in [0.29, 0.717) is 12.4 Å². The average Bonchev–Trinajstić information content (AvgIpc) is 2.46. The van der Waals surface area contributed by atoms with Crippen molar-refractivity contribution in [3.63, 3.8) is 0 Å². The Labute approximate surface area is 124 Å². The Hall–Kier alpha value is -1.60. The minimum atomic E-state index is -1.07. The zero-order valence-electron chi connectivity index (χ0n) is 10.6. The maximum absolute atomic E-state index is 12.0. The molecule has 0 aliphatic carbocycles. The molecule has 1 heterocycles. The number of carbonyl (C=O) groups excluding carboxylic acids is 1. The molecular weight excluding hydrogens is 330 g/mol. The maximum Gasteiger partial charge on any atom is 0.328 e. The van der Waals surface area contributed by atoms with Crippen LogP contribution in [0.3, 0.4) is 0 Å². The third-order valence-corrected chi connectivity index (χ3v) is 3.44. The number of morpholine rings is 1. The summed E-state index contributed by atoms with van der Waals surface area (Å²) in [7, 11) is 0. The predicted molar refractivity (Wildman–Crippen MR) is 73.6 cm³/mol. The molecule has 1 N–H and O–H groups in total. The van der Waals surface area contributed by atoms with Crippen molar-refractivity contribution in [1.29, 1.82) is 0 Å². The Kier molecular flexibility index (Phi) is 4.97. The van der Waals surface area contributed by atoms with Gasteiger partial charge in [0.25, 0.3) is 5.91 Å². The zero-order chi connectivity index (χ0) is 14.5. The molecule has 1 amide bonds. The molecule has 6 nitrogen and oxygen atoms in total. The van der Waals surface area contributed by atoms with Crippen molar-refractivity contribution in [2.24, 2.45) is 0 Å². The van der Waals surface area contributed by atoms with Crippen LogP contribution in [-0.4, -0.2) is 54.3 Å². The van der Waals surface area contributed by atoms with E-state index < -0.39 is 12.0 Å². The lowest BCUT2D eigenvalue weighted by Crippen LogP contribution is -2.53. The Morgan fingerprint density at radius 2 is 2.10 bits per heavy atom. The second kappa shape index (κ2) is 6.71. The van der Waals surface area contributed by atoms with Gasteiger partial charge >= 0.3 is 5.97 Å². The van der Waals surface area contributed by atoms with Crippen molar-refractivity contribution in [3.05, 3.63) is 28.7 Å². The van der Waals surface area contributed by atoms with Crippen LogP contribution in [0, 0.1) is 0 Å². The van der Waals surface area contributed by atoms with Gasteiger partial charge in [0.1, 0.15) is 5.75 Å². The first-order valence-corrected chi connectivity index (χ1v) is 6.85. The highest BCUT2D eigenvalue weighted by molar-refractivity contribution is 9.10. The predicted octanol–water partition coefficient (Wildman–Crippen LogP) is 1.14. The number of hydrogen-bond acceptors (Lipinski definition) is 4. The summed E-state index contributed by atoms with van der Waals surface area (Å²) in [6, 6.07) is 6.12. The van der Waals surface area contributed by atoms with Crippen LogP contribution in [0.25, 0.3) is 0 Å². The van der Waals surface area contributed by atoms with Crippen LogP contribution in [-0.2, 0) is 14.3 Å². The highest BCUT2D eigenvalue weighted by Crippen LogP contribution is 2.16. The van der Waals surface area contributed by atoms with E-state index in [1.165, 1.54) is 4.90 Å². The summed E-state index contributed by atoms with van der Waals surface area (Å²) in [5, 5.41) is 9.05. The lowest BCUT2D eigenvalue weighted by molar-refractivity contribution is -0.159. The lowest BCUT2D eigenvalue weighted by Gasteiger charge is -2.32. The van der Waals surface area contributed by atoms with Crippen molar-refractivity contribution >= 4 is 27.8 Å². The molecule has 1 aromatic rings. The van der Waals surface area contributed by atoms with Gasteiger partial charge in [-0.2, -0.15) is 0 Å². The second-order valence-electron chi connectivity index (χ2n) is 4.26. The van der Waals surface area contributed by atoms with Crippen LogP contribution >= 0.6 is 15.9 Å². The van der Waals surface area contributed by atoms with E-state index in [0.717, 1.165) is 4.47 Å². The van der Waals surface area contributed by atoms with Gasteiger partial charge in [-0.25, -0.2) is 4.79 Å². The minimum Gasteiger partial charge on any atom is -0.484 e. The van der Waals surface area contributed by atoms with Gasteiger partial charge in [-0.05, 0) is 24.3 Å². The van der Waals surface area contributed by atoms with Gasteiger partial charge in [0.05, 0.1) is 13.2 Å². The van der Waals surface area contributed by atoms with Crippen LogP contribution < -0.4 is 4.74 Å². The zero-order valence-corrected chi connectivity index (χ0v) is 12.2. The number of aliphatic carboxylic acids is 1. The SMILES string of the molecule is O=C(O)C1COCCN1C(=O)COc1ccc(Br)cc1. The van der Waals surface area contributed by atoms with Crippen LogP contribution in [0.5, 0.6) is 5.75 Å². The van der Waals surface area contributed by atoms with Crippen molar-refractivity contribution in [2.75, 3.05) is 26.4 Å². The first-order valence-electron chi connectivity index (χ1n) is 6.06. The summed E-state index contributed by atoms with van der Waals surface area (Å²) in [4.78, 5) is 24.4. The lowest BCUT2D eigenvalue weighted by atomic mass is 10.2. The van der Waals surface area contributed by atoms with Gasteiger partial charge in [-0.1, -0.05) is 15.9 Å². The number of halogens is 1. The Morgan fingerprint density at radius 3 is 2.75 bits per heavy atom. The molecule has 1 aliphatic rings. The molecule has 0 aromatic heterocycles. The molecule has 108 valence electrons. The molecule has 0 bridgehead atoms. The van der Waals surface area contributed by atoms with E-state index in [-0.39, 0.29) is 25.7 Å². The van der Waals surface area contributed by atoms with Crippen molar-refractivity contribution in [2.45, 2.75) is 6.04 Å². The van der Waals surface area contributed by atoms with Gasteiger partial charge in [0.2, 0.25) is 0 Å². The fourth-order valence-electron chi connectivity index (χ4n) is 1.87.